The van der Waals surface area contributed by atoms with E-state index in [1.807, 2.05) is 47.4 Å². The van der Waals surface area contributed by atoms with Crippen LogP contribution in [0.15, 0.2) is 42.5 Å². The van der Waals surface area contributed by atoms with E-state index in [2.05, 4.69) is 15.5 Å². The van der Waals surface area contributed by atoms with E-state index < -0.39 is 0 Å². The Hall–Kier alpha value is -2.44. The van der Waals surface area contributed by atoms with Gasteiger partial charge in [0.1, 0.15) is 0 Å². The lowest BCUT2D eigenvalue weighted by Gasteiger charge is -2.32. The maximum absolute atomic E-state index is 13.1. The van der Waals surface area contributed by atoms with Crippen LogP contribution in [0, 0.1) is 5.92 Å². The first kappa shape index (κ1) is 19.9. The van der Waals surface area contributed by atoms with Crippen LogP contribution in [0.5, 0.6) is 0 Å². The number of benzene rings is 2. The van der Waals surface area contributed by atoms with E-state index in [0.717, 1.165) is 61.9 Å². The first-order chi connectivity index (χ1) is 14.2. The van der Waals surface area contributed by atoms with Gasteiger partial charge in [0.05, 0.1) is 0 Å². The third-order valence-corrected chi connectivity index (χ3v) is 6.11. The van der Waals surface area contributed by atoms with Crippen molar-refractivity contribution in [2.24, 2.45) is 5.92 Å². The highest BCUT2D eigenvalue weighted by atomic mass is 16.2. The molecule has 2 aromatic rings. The summed E-state index contributed by atoms with van der Waals surface area (Å²) in [6, 6.07) is 13.9. The molecular formula is C23H30N4O2. The molecule has 2 aromatic carbocycles. The van der Waals surface area contributed by atoms with Crippen LogP contribution in [0.2, 0.25) is 0 Å². The van der Waals surface area contributed by atoms with Crippen LogP contribution in [0.3, 0.4) is 0 Å². The molecule has 2 N–H and O–H groups in total. The molecule has 6 nitrogen and oxygen atoms in total. The number of piperazine rings is 1. The molecule has 154 valence electrons. The second-order valence-electron chi connectivity index (χ2n) is 7.98. The predicted octanol–water partition coefficient (Wildman–Crippen LogP) is 1.71. The van der Waals surface area contributed by atoms with E-state index in [4.69, 9.17) is 0 Å². The number of piperidine rings is 1. The normalized spacial score (nSPS) is 18.7. The average Bonchev–Trinajstić information content (AvgIpc) is 2.79. The summed E-state index contributed by atoms with van der Waals surface area (Å²) in [4.78, 5) is 29.8. The summed E-state index contributed by atoms with van der Waals surface area (Å²) in [6.07, 6.45) is 1.46. The van der Waals surface area contributed by atoms with Crippen molar-refractivity contribution >= 4 is 22.6 Å². The minimum Gasteiger partial charge on any atom is -0.355 e. The van der Waals surface area contributed by atoms with Gasteiger partial charge in [-0.1, -0.05) is 36.4 Å². The van der Waals surface area contributed by atoms with Crippen molar-refractivity contribution in [1.29, 1.82) is 0 Å². The van der Waals surface area contributed by atoms with Crippen molar-refractivity contribution in [1.82, 2.24) is 20.4 Å². The molecule has 0 spiro atoms. The van der Waals surface area contributed by atoms with Crippen LogP contribution in [0.4, 0.5) is 0 Å². The van der Waals surface area contributed by atoms with E-state index in [9.17, 15) is 9.59 Å². The number of hydrogen-bond acceptors (Lipinski definition) is 4. The van der Waals surface area contributed by atoms with Gasteiger partial charge in [-0.3, -0.25) is 14.5 Å². The third-order valence-electron chi connectivity index (χ3n) is 6.11. The average molecular weight is 395 g/mol. The molecule has 2 aliphatic heterocycles. The number of carbonyl (C=O) groups is 2. The van der Waals surface area contributed by atoms with Gasteiger partial charge in [0.25, 0.3) is 5.91 Å². The van der Waals surface area contributed by atoms with Gasteiger partial charge < -0.3 is 15.5 Å². The molecule has 0 aromatic heterocycles. The van der Waals surface area contributed by atoms with Gasteiger partial charge in [-0.2, -0.15) is 0 Å². The number of carbonyl (C=O) groups excluding carboxylic acids is 2. The lowest BCUT2D eigenvalue weighted by Crippen LogP contribution is -2.47. The topological polar surface area (TPSA) is 64.7 Å². The molecule has 6 heteroatoms. The first-order valence-corrected chi connectivity index (χ1v) is 10.7. The fraction of sp³-hybridized carbons (Fsp3) is 0.478. The van der Waals surface area contributed by atoms with Gasteiger partial charge >= 0.3 is 0 Å². The lowest BCUT2D eigenvalue weighted by molar-refractivity contribution is -0.126. The molecule has 2 saturated heterocycles. The minimum atomic E-state index is 0.00888. The standard InChI is InChI=1S/C23H30N4O2/c28-22(25-12-17-26-15-10-24-11-16-26)19-8-13-27(14-9-19)23(29)21-7-3-5-18-4-1-2-6-20(18)21/h1-7,19,24H,8-17H2,(H,25,28). The van der Waals surface area contributed by atoms with Crippen molar-refractivity contribution in [2.75, 3.05) is 52.4 Å². The number of fused-ring (bicyclic) bond motifs is 1. The van der Waals surface area contributed by atoms with E-state index in [0.29, 0.717) is 19.6 Å². The minimum absolute atomic E-state index is 0.00888. The highest BCUT2D eigenvalue weighted by Gasteiger charge is 2.28. The number of nitrogens with one attached hydrogen (secondary N) is 2. The predicted molar refractivity (Wildman–Crippen MR) is 115 cm³/mol. The molecular weight excluding hydrogens is 364 g/mol. The monoisotopic (exact) mass is 394 g/mol. The summed E-state index contributed by atoms with van der Waals surface area (Å²) in [7, 11) is 0. The van der Waals surface area contributed by atoms with Crippen molar-refractivity contribution < 1.29 is 9.59 Å². The molecule has 2 amide bonds. The zero-order valence-electron chi connectivity index (χ0n) is 16.9. The van der Waals surface area contributed by atoms with Crippen LogP contribution in [0.25, 0.3) is 10.8 Å². The van der Waals surface area contributed by atoms with Crippen molar-refractivity contribution in [3.05, 3.63) is 48.0 Å². The number of nitrogens with zero attached hydrogens (tertiary/aromatic N) is 2. The Balaban J connectivity index is 1.27. The van der Waals surface area contributed by atoms with Crippen LogP contribution >= 0.6 is 0 Å². The molecule has 2 heterocycles. The molecule has 4 rings (SSSR count). The Morgan fingerprint density at radius 2 is 1.69 bits per heavy atom. The van der Waals surface area contributed by atoms with Gasteiger partial charge in [0, 0.05) is 63.8 Å². The Morgan fingerprint density at radius 1 is 0.966 bits per heavy atom. The summed E-state index contributed by atoms with van der Waals surface area (Å²) in [5, 5.41) is 8.51. The largest absolute Gasteiger partial charge is 0.355 e. The van der Waals surface area contributed by atoms with Crippen molar-refractivity contribution in [2.45, 2.75) is 12.8 Å². The Labute approximate surface area is 172 Å². The quantitative estimate of drug-likeness (QED) is 0.811. The number of hydrogen-bond donors (Lipinski definition) is 2. The Kier molecular flexibility index (Phi) is 6.42. The molecule has 0 bridgehead atoms. The van der Waals surface area contributed by atoms with Gasteiger partial charge in [0.15, 0.2) is 0 Å². The SMILES string of the molecule is O=C(NCCN1CCNCC1)C1CCN(C(=O)c2cccc3ccccc23)CC1. The summed E-state index contributed by atoms with van der Waals surface area (Å²) >= 11 is 0. The van der Waals surface area contributed by atoms with Crippen molar-refractivity contribution in [3.63, 3.8) is 0 Å². The highest BCUT2D eigenvalue weighted by molar-refractivity contribution is 6.07. The molecule has 0 unspecified atom stereocenters. The second kappa shape index (κ2) is 9.37. The fourth-order valence-corrected chi connectivity index (χ4v) is 4.34. The summed E-state index contributed by atoms with van der Waals surface area (Å²) in [5.74, 6) is 0.214. The zero-order valence-corrected chi connectivity index (χ0v) is 16.9. The molecule has 0 saturated carbocycles. The van der Waals surface area contributed by atoms with Crippen molar-refractivity contribution in [3.8, 4) is 0 Å². The zero-order chi connectivity index (χ0) is 20.1. The van der Waals surface area contributed by atoms with Gasteiger partial charge in [-0.05, 0) is 29.7 Å². The molecule has 0 atom stereocenters. The third kappa shape index (κ3) is 4.77. The maximum atomic E-state index is 13.1. The summed E-state index contributed by atoms with van der Waals surface area (Å²) in [6.45, 7) is 7.03. The Morgan fingerprint density at radius 3 is 2.48 bits per heavy atom. The van der Waals surface area contributed by atoms with Crippen LogP contribution in [0.1, 0.15) is 23.2 Å². The lowest BCUT2D eigenvalue weighted by atomic mass is 9.95. The second-order valence-corrected chi connectivity index (χ2v) is 7.98. The van der Waals surface area contributed by atoms with E-state index in [1.165, 1.54) is 0 Å². The van der Waals surface area contributed by atoms with Gasteiger partial charge in [-0.25, -0.2) is 0 Å². The highest BCUT2D eigenvalue weighted by Crippen LogP contribution is 2.23. The first-order valence-electron chi connectivity index (χ1n) is 10.7. The maximum Gasteiger partial charge on any atom is 0.254 e. The number of likely N-dealkylation sites (tertiary alicyclic amines) is 1. The molecule has 0 radical (unpaired) electrons. The van der Waals surface area contributed by atoms with E-state index in [-0.39, 0.29) is 17.7 Å². The molecule has 2 aliphatic rings. The summed E-state index contributed by atoms with van der Waals surface area (Å²) in [5.41, 5.74) is 0.752. The molecule has 0 aliphatic carbocycles. The number of amides is 2. The van der Waals surface area contributed by atoms with E-state index in [1.54, 1.807) is 0 Å². The van der Waals surface area contributed by atoms with Crippen LogP contribution in [-0.4, -0.2) is 74.0 Å². The van der Waals surface area contributed by atoms with Gasteiger partial charge in [-0.15, -0.1) is 0 Å². The Bertz CT molecular complexity index is 850. The molecule has 29 heavy (non-hydrogen) atoms. The van der Waals surface area contributed by atoms with E-state index >= 15 is 0 Å². The molecule has 2 fully saturated rings. The van der Waals surface area contributed by atoms with Crippen LogP contribution < -0.4 is 10.6 Å². The van der Waals surface area contributed by atoms with Gasteiger partial charge in [0.2, 0.25) is 5.91 Å². The summed E-state index contributed by atoms with van der Waals surface area (Å²) < 4.78 is 0. The van der Waals surface area contributed by atoms with Crippen LogP contribution in [-0.2, 0) is 4.79 Å². The smallest absolute Gasteiger partial charge is 0.254 e. The number of rotatable bonds is 5. The fourth-order valence-electron chi connectivity index (χ4n) is 4.34.